The smallest absolute Gasteiger partial charge is 0.0783 e. The Labute approximate surface area is 68.3 Å². The number of allylic oxidation sites excluding steroid dienone is 1. The van der Waals surface area contributed by atoms with Crippen LogP contribution in [0, 0.1) is 0 Å². The van der Waals surface area contributed by atoms with Crippen LogP contribution in [0.1, 0.15) is 6.42 Å². The van der Waals surface area contributed by atoms with Crippen molar-refractivity contribution in [2.45, 2.75) is 12.5 Å². The Hall–Kier alpha value is -0.890. The van der Waals surface area contributed by atoms with Gasteiger partial charge >= 0.3 is 0 Å². The Kier molecular flexibility index (Phi) is 6.64. The van der Waals surface area contributed by atoms with Crippen LogP contribution in [0.15, 0.2) is 29.8 Å². The van der Waals surface area contributed by atoms with Crippen molar-refractivity contribution >= 4 is 6.21 Å². The van der Waals surface area contributed by atoms with Crippen molar-refractivity contribution in [3.63, 3.8) is 0 Å². The zero-order valence-corrected chi connectivity index (χ0v) is 7.16. The Bertz CT molecular complexity index is 150. The lowest BCUT2D eigenvalue weighted by atomic mass is 10.2. The third-order valence-electron chi connectivity index (χ3n) is 1.31. The van der Waals surface area contributed by atoms with Gasteiger partial charge in [0.2, 0.25) is 0 Å². The maximum Gasteiger partial charge on any atom is 0.0783 e. The molecule has 0 aliphatic heterocycles. The van der Waals surface area contributed by atoms with Crippen molar-refractivity contribution in [1.82, 2.24) is 0 Å². The van der Waals surface area contributed by atoms with Gasteiger partial charge < -0.3 is 4.74 Å². The van der Waals surface area contributed by atoms with Gasteiger partial charge in [-0.05, 0) is 12.5 Å². The zero-order valence-electron chi connectivity index (χ0n) is 7.16. The zero-order chi connectivity index (χ0) is 8.53. The number of aliphatic imine (C=N–C) groups is 1. The number of methoxy groups -OCH3 is 1. The fourth-order valence-electron chi connectivity index (χ4n) is 0.648. The van der Waals surface area contributed by atoms with E-state index in [1.54, 1.807) is 26.4 Å². The molecule has 0 rings (SSSR count). The molecule has 1 unspecified atom stereocenters. The first-order valence-electron chi connectivity index (χ1n) is 3.57. The number of nitrogens with zero attached hydrogens (tertiary/aromatic N) is 1. The van der Waals surface area contributed by atoms with Gasteiger partial charge in [0.15, 0.2) is 0 Å². The van der Waals surface area contributed by atoms with E-state index in [2.05, 4.69) is 11.6 Å². The van der Waals surface area contributed by atoms with E-state index in [-0.39, 0.29) is 6.10 Å². The van der Waals surface area contributed by atoms with Crippen molar-refractivity contribution in [3.8, 4) is 0 Å². The fraction of sp³-hybridized carbons (Fsp3) is 0.444. The van der Waals surface area contributed by atoms with Crippen LogP contribution in [0.5, 0.6) is 0 Å². The van der Waals surface area contributed by atoms with Crippen molar-refractivity contribution in [2.75, 3.05) is 14.2 Å². The van der Waals surface area contributed by atoms with Gasteiger partial charge in [0.05, 0.1) is 6.10 Å². The molecule has 0 spiro atoms. The Balaban J connectivity index is 3.57. The summed E-state index contributed by atoms with van der Waals surface area (Å²) in [6, 6.07) is 0. The van der Waals surface area contributed by atoms with Crippen LogP contribution >= 0.6 is 0 Å². The first-order chi connectivity index (χ1) is 5.35. The van der Waals surface area contributed by atoms with Crippen molar-refractivity contribution in [3.05, 3.63) is 24.8 Å². The molecule has 1 atom stereocenters. The number of hydrogen-bond donors (Lipinski definition) is 0. The number of rotatable bonds is 5. The van der Waals surface area contributed by atoms with E-state index in [4.69, 9.17) is 4.74 Å². The van der Waals surface area contributed by atoms with Gasteiger partial charge in [-0.2, -0.15) is 0 Å². The second kappa shape index (κ2) is 7.22. The summed E-state index contributed by atoms with van der Waals surface area (Å²) in [5.74, 6) is 0. The van der Waals surface area contributed by atoms with E-state index in [9.17, 15) is 0 Å². The predicted octanol–water partition coefficient (Wildman–Crippen LogP) is 1.83. The summed E-state index contributed by atoms with van der Waals surface area (Å²) in [4.78, 5) is 3.81. The predicted molar refractivity (Wildman–Crippen MR) is 49.2 cm³/mol. The van der Waals surface area contributed by atoms with Gasteiger partial charge in [-0.15, -0.1) is 6.58 Å². The van der Waals surface area contributed by atoms with Crippen LogP contribution in [0.3, 0.4) is 0 Å². The van der Waals surface area contributed by atoms with Crippen molar-refractivity contribution in [1.29, 1.82) is 0 Å². The molecule has 0 amide bonds. The second-order valence-electron chi connectivity index (χ2n) is 2.08. The van der Waals surface area contributed by atoms with E-state index in [1.165, 1.54) is 0 Å². The van der Waals surface area contributed by atoms with E-state index in [1.807, 2.05) is 12.2 Å². The lowest BCUT2D eigenvalue weighted by Gasteiger charge is -2.05. The molecule has 0 bridgehead atoms. The first kappa shape index (κ1) is 10.1. The van der Waals surface area contributed by atoms with E-state index >= 15 is 0 Å². The van der Waals surface area contributed by atoms with Gasteiger partial charge in [-0.1, -0.05) is 12.2 Å². The Morgan fingerprint density at radius 3 is 2.82 bits per heavy atom. The summed E-state index contributed by atoms with van der Waals surface area (Å²) in [7, 11) is 3.42. The molecule has 11 heavy (non-hydrogen) atoms. The molecule has 62 valence electrons. The van der Waals surface area contributed by atoms with Crippen LogP contribution in [-0.2, 0) is 4.74 Å². The van der Waals surface area contributed by atoms with Gasteiger partial charge in [-0.25, -0.2) is 0 Å². The molecular weight excluding hydrogens is 138 g/mol. The summed E-state index contributed by atoms with van der Waals surface area (Å²) >= 11 is 0. The molecule has 0 aromatic carbocycles. The van der Waals surface area contributed by atoms with Crippen LogP contribution in [0.25, 0.3) is 0 Å². The summed E-state index contributed by atoms with van der Waals surface area (Å²) in [5, 5.41) is 0. The molecular formula is C9H15NO. The second-order valence-corrected chi connectivity index (χ2v) is 2.08. The minimum Gasteiger partial charge on any atom is -0.377 e. The van der Waals surface area contributed by atoms with Crippen LogP contribution in [0.4, 0.5) is 0 Å². The van der Waals surface area contributed by atoms with Gasteiger partial charge in [-0.3, -0.25) is 4.99 Å². The Morgan fingerprint density at radius 2 is 2.36 bits per heavy atom. The summed E-state index contributed by atoms with van der Waals surface area (Å²) < 4.78 is 5.07. The number of ether oxygens (including phenoxy) is 1. The molecule has 2 nitrogen and oxygen atoms in total. The molecule has 0 radical (unpaired) electrons. The molecule has 0 saturated heterocycles. The summed E-state index contributed by atoms with van der Waals surface area (Å²) in [5.41, 5.74) is 0. The van der Waals surface area contributed by atoms with E-state index in [0.29, 0.717) is 0 Å². The summed E-state index contributed by atoms with van der Waals surface area (Å²) in [6.45, 7) is 3.64. The molecule has 2 heteroatoms. The normalized spacial score (nSPS) is 14.4. The monoisotopic (exact) mass is 153 g/mol. The molecule has 0 aliphatic rings. The quantitative estimate of drug-likeness (QED) is 0.436. The van der Waals surface area contributed by atoms with Crippen LogP contribution in [-0.4, -0.2) is 26.5 Å². The molecule has 0 aliphatic carbocycles. The highest BCUT2D eigenvalue weighted by atomic mass is 16.5. The Morgan fingerprint density at radius 1 is 1.64 bits per heavy atom. The van der Waals surface area contributed by atoms with E-state index < -0.39 is 0 Å². The van der Waals surface area contributed by atoms with Gasteiger partial charge in [0.25, 0.3) is 0 Å². The highest BCUT2D eigenvalue weighted by Gasteiger charge is 1.95. The van der Waals surface area contributed by atoms with Crippen LogP contribution in [0.2, 0.25) is 0 Å². The minimum absolute atomic E-state index is 0.122. The van der Waals surface area contributed by atoms with E-state index in [0.717, 1.165) is 6.42 Å². The number of hydrogen-bond acceptors (Lipinski definition) is 2. The highest BCUT2D eigenvalue weighted by Crippen LogP contribution is 1.97. The topological polar surface area (TPSA) is 21.6 Å². The van der Waals surface area contributed by atoms with Gasteiger partial charge in [0, 0.05) is 20.4 Å². The van der Waals surface area contributed by atoms with Crippen molar-refractivity contribution < 1.29 is 4.74 Å². The average Bonchev–Trinajstić information content (AvgIpc) is 2.05. The highest BCUT2D eigenvalue weighted by molar-refractivity contribution is 5.70. The maximum absolute atomic E-state index is 5.07. The molecule has 0 fully saturated rings. The third-order valence-corrected chi connectivity index (χ3v) is 1.31. The summed E-state index contributed by atoms with van der Waals surface area (Å²) in [6.07, 6.45) is 8.41. The molecule has 0 heterocycles. The lowest BCUT2D eigenvalue weighted by Crippen LogP contribution is -2.03. The standard InChI is InChI=1S/C9H15NO/c1-4-9(11-3)7-5-6-8-10-2/h4-6,8-9H,1,7H2,2-3H3/b6-5+,10-8?. The first-order valence-corrected chi connectivity index (χ1v) is 3.57. The lowest BCUT2D eigenvalue weighted by molar-refractivity contribution is 0.144. The van der Waals surface area contributed by atoms with Crippen LogP contribution < -0.4 is 0 Å². The molecule has 0 aromatic rings. The largest absolute Gasteiger partial charge is 0.377 e. The molecule has 0 saturated carbocycles. The maximum atomic E-state index is 5.07. The minimum atomic E-state index is 0.122. The van der Waals surface area contributed by atoms with Gasteiger partial charge in [0.1, 0.15) is 0 Å². The third kappa shape index (κ3) is 5.55. The SMILES string of the molecule is C=CC(C/C=C/C=NC)OC. The van der Waals surface area contributed by atoms with Crippen molar-refractivity contribution in [2.24, 2.45) is 4.99 Å². The molecule has 0 aromatic heterocycles. The fourth-order valence-corrected chi connectivity index (χ4v) is 0.648. The average molecular weight is 153 g/mol. The molecule has 0 N–H and O–H groups in total.